The Kier molecular flexibility index (Phi) is 7.77. The second-order valence-corrected chi connectivity index (χ2v) is 6.02. The Morgan fingerprint density at radius 1 is 1.05 bits per heavy atom. The molecule has 1 atom stereocenters. The van der Waals surface area contributed by atoms with E-state index in [0.717, 1.165) is 31.7 Å². The van der Waals surface area contributed by atoms with Crippen molar-refractivity contribution in [2.24, 2.45) is 5.92 Å². The van der Waals surface area contributed by atoms with Crippen molar-refractivity contribution >= 4 is 24.8 Å². The minimum Gasteiger partial charge on any atom is -0.508 e. The van der Waals surface area contributed by atoms with Crippen LogP contribution >= 0.6 is 24.8 Å². The number of phenols is 2. The van der Waals surface area contributed by atoms with Crippen LogP contribution in [0.1, 0.15) is 37.3 Å². The van der Waals surface area contributed by atoms with Crippen LogP contribution in [0.4, 0.5) is 0 Å². The molecule has 1 aliphatic heterocycles. The molecule has 1 aromatic carbocycles. The molecule has 1 saturated carbocycles. The van der Waals surface area contributed by atoms with E-state index in [-0.39, 0.29) is 36.6 Å². The second-order valence-electron chi connectivity index (χ2n) is 6.02. The van der Waals surface area contributed by atoms with Crippen LogP contribution in [-0.4, -0.2) is 41.3 Å². The zero-order valence-corrected chi connectivity index (χ0v) is 14.3. The van der Waals surface area contributed by atoms with Crippen LogP contribution in [0.25, 0.3) is 0 Å². The van der Waals surface area contributed by atoms with E-state index in [2.05, 4.69) is 10.2 Å². The monoisotopic (exact) mass is 348 g/mol. The first-order valence-corrected chi connectivity index (χ1v) is 7.72. The molecule has 0 unspecified atom stereocenters. The van der Waals surface area contributed by atoms with Gasteiger partial charge in [0, 0.05) is 37.8 Å². The Balaban J connectivity index is 0.00000121. The molecule has 2 aliphatic rings. The first-order valence-electron chi connectivity index (χ1n) is 7.72. The lowest BCUT2D eigenvalue weighted by Gasteiger charge is -2.38. The van der Waals surface area contributed by atoms with Crippen molar-refractivity contribution in [1.82, 2.24) is 10.2 Å². The van der Waals surface area contributed by atoms with Crippen molar-refractivity contribution < 1.29 is 10.2 Å². The van der Waals surface area contributed by atoms with Crippen molar-refractivity contribution in [3.8, 4) is 11.5 Å². The van der Waals surface area contributed by atoms with Gasteiger partial charge in [0.1, 0.15) is 11.5 Å². The van der Waals surface area contributed by atoms with Crippen molar-refractivity contribution in [3.05, 3.63) is 23.8 Å². The molecule has 0 amide bonds. The van der Waals surface area contributed by atoms with Gasteiger partial charge in [-0.15, -0.1) is 24.8 Å². The summed E-state index contributed by atoms with van der Waals surface area (Å²) in [5, 5.41) is 23.4. The fraction of sp³-hybridized carbons (Fsp3) is 0.625. The summed E-state index contributed by atoms with van der Waals surface area (Å²) in [6.45, 7) is 4.03. The molecule has 4 nitrogen and oxygen atoms in total. The molecule has 0 bridgehead atoms. The zero-order chi connectivity index (χ0) is 13.9. The molecule has 0 aromatic heterocycles. The summed E-state index contributed by atoms with van der Waals surface area (Å²) in [7, 11) is 0. The predicted octanol–water partition coefficient (Wildman–Crippen LogP) is 3.08. The molecule has 3 N–H and O–H groups in total. The van der Waals surface area contributed by atoms with Gasteiger partial charge in [-0.05, 0) is 37.0 Å². The van der Waals surface area contributed by atoms with Gasteiger partial charge in [-0.3, -0.25) is 4.90 Å². The van der Waals surface area contributed by atoms with Crippen LogP contribution in [0.3, 0.4) is 0 Å². The van der Waals surface area contributed by atoms with Crippen LogP contribution in [0.2, 0.25) is 0 Å². The number of nitrogens with one attached hydrogen (secondary N) is 1. The van der Waals surface area contributed by atoms with Crippen molar-refractivity contribution in [2.45, 2.75) is 31.7 Å². The number of halogens is 2. The second kappa shape index (κ2) is 8.82. The fourth-order valence-electron chi connectivity index (χ4n) is 3.76. The van der Waals surface area contributed by atoms with Crippen LogP contribution in [0.5, 0.6) is 11.5 Å². The third kappa shape index (κ3) is 4.19. The summed E-state index contributed by atoms with van der Waals surface area (Å²) < 4.78 is 0. The van der Waals surface area contributed by atoms with E-state index in [1.165, 1.54) is 25.7 Å². The highest BCUT2D eigenvalue weighted by molar-refractivity contribution is 5.85. The largest absolute Gasteiger partial charge is 0.508 e. The van der Waals surface area contributed by atoms with Gasteiger partial charge in [0.05, 0.1) is 0 Å². The quantitative estimate of drug-likeness (QED) is 0.734. The Morgan fingerprint density at radius 2 is 1.68 bits per heavy atom. The first-order chi connectivity index (χ1) is 9.75. The van der Waals surface area contributed by atoms with Gasteiger partial charge in [0.2, 0.25) is 0 Å². The van der Waals surface area contributed by atoms with Gasteiger partial charge in [-0.25, -0.2) is 0 Å². The third-order valence-electron chi connectivity index (χ3n) is 4.72. The molecule has 126 valence electrons. The average Bonchev–Trinajstić information content (AvgIpc) is 2.98. The smallest absolute Gasteiger partial charge is 0.120 e. The molecule has 1 aromatic rings. The number of nitrogens with zero attached hydrogens (tertiary/aromatic N) is 1. The highest BCUT2D eigenvalue weighted by Gasteiger charge is 2.33. The molecule has 22 heavy (non-hydrogen) atoms. The van der Waals surface area contributed by atoms with Crippen molar-refractivity contribution in [3.63, 3.8) is 0 Å². The number of benzene rings is 1. The van der Waals surface area contributed by atoms with Gasteiger partial charge < -0.3 is 15.5 Å². The van der Waals surface area contributed by atoms with E-state index >= 15 is 0 Å². The number of phenolic OH excluding ortho intramolecular Hbond substituents is 2. The molecule has 1 saturated heterocycles. The van der Waals surface area contributed by atoms with Gasteiger partial charge in [0.15, 0.2) is 0 Å². The maximum Gasteiger partial charge on any atom is 0.120 e. The lowest BCUT2D eigenvalue weighted by Crippen LogP contribution is -2.46. The Labute approximate surface area is 144 Å². The number of hydrogen-bond donors (Lipinski definition) is 3. The van der Waals surface area contributed by atoms with Crippen LogP contribution in [0.15, 0.2) is 18.2 Å². The molecular formula is C16H26Cl2N2O2. The Hall–Kier alpha value is -0.680. The van der Waals surface area contributed by atoms with E-state index in [1.54, 1.807) is 18.2 Å². The minimum atomic E-state index is 0. The van der Waals surface area contributed by atoms with E-state index in [1.807, 2.05) is 0 Å². The molecule has 0 radical (unpaired) electrons. The lowest BCUT2D eigenvalue weighted by atomic mass is 9.89. The summed E-state index contributed by atoms with van der Waals surface area (Å²) in [6.07, 6.45) is 5.02. The zero-order valence-electron chi connectivity index (χ0n) is 12.7. The summed E-state index contributed by atoms with van der Waals surface area (Å²) >= 11 is 0. The number of rotatable bonds is 3. The number of piperazine rings is 1. The Bertz CT molecular complexity index is 461. The standard InChI is InChI=1S/C16H24N2O2.2ClH/c19-13-5-6-15(20)14(11-13)16(12-3-1-2-4-12)18-9-7-17-8-10-18;;/h5-6,11-12,16-17,19-20H,1-4,7-10H2;2*1H/t16-;;/m1../s1. The van der Waals surface area contributed by atoms with E-state index in [9.17, 15) is 10.2 Å². The van der Waals surface area contributed by atoms with Gasteiger partial charge >= 0.3 is 0 Å². The molecule has 1 heterocycles. The molecule has 0 spiro atoms. The molecule has 3 rings (SSSR count). The van der Waals surface area contributed by atoms with Gasteiger partial charge in [-0.1, -0.05) is 12.8 Å². The summed E-state index contributed by atoms with van der Waals surface area (Å²) in [5.74, 6) is 1.16. The van der Waals surface area contributed by atoms with Gasteiger partial charge in [0.25, 0.3) is 0 Å². The lowest BCUT2D eigenvalue weighted by molar-refractivity contribution is 0.123. The Morgan fingerprint density at radius 3 is 2.32 bits per heavy atom. The van der Waals surface area contributed by atoms with E-state index in [4.69, 9.17) is 0 Å². The van der Waals surface area contributed by atoms with Crippen LogP contribution < -0.4 is 5.32 Å². The topological polar surface area (TPSA) is 55.7 Å². The summed E-state index contributed by atoms with van der Waals surface area (Å²) in [4.78, 5) is 2.47. The molecular weight excluding hydrogens is 323 g/mol. The van der Waals surface area contributed by atoms with Crippen molar-refractivity contribution in [2.75, 3.05) is 26.2 Å². The highest BCUT2D eigenvalue weighted by atomic mass is 35.5. The molecule has 6 heteroatoms. The maximum absolute atomic E-state index is 10.2. The van der Waals surface area contributed by atoms with Crippen molar-refractivity contribution in [1.29, 1.82) is 0 Å². The van der Waals surface area contributed by atoms with E-state index in [0.29, 0.717) is 11.7 Å². The summed E-state index contributed by atoms with van der Waals surface area (Å²) in [5.41, 5.74) is 0.902. The average molecular weight is 349 g/mol. The highest BCUT2D eigenvalue weighted by Crippen LogP contribution is 2.43. The first kappa shape index (κ1) is 19.4. The van der Waals surface area contributed by atoms with Gasteiger partial charge in [-0.2, -0.15) is 0 Å². The SMILES string of the molecule is Cl.Cl.Oc1ccc(O)c([C@@H](C2CCCC2)N2CCNCC2)c1. The molecule has 2 fully saturated rings. The number of aromatic hydroxyl groups is 2. The normalized spacial score (nSPS) is 20.9. The summed E-state index contributed by atoms with van der Waals surface area (Å²) in [6, 6.07) is 5.17. The minimum absolute atomic E-state index is 0. The third-order valence-corrected chi connectivity index (χ3v) is 4.72. The van der Waals surface area contributed by atoms with Crippen LogP contribution in [0, 0.1) is 5.92 Å². The number of hydrogen-bond acceptors (Lipinski definition) is 4. The maximum atomic E-state index is 10.2. The fourth-order valence-corrected chi connectivity index (χ4v) is 3.76. The van der Waals surface area contributed by atoms with E-state index < -0.39 is 0 Å². The predicted molar refractivity (Wildman–Crippen MR) is 93.4 cm³/mol. The van der Waals surface area contributed by atoms with Crippen LogP contribution in [-0.2, 0) is 0 Å². The molecule has 1 aliphatic carbocycles.